The van der Waals surface area contributed by atoms with Crippen LogP contribution >= 0.6 is 24.0 Å². The highest BCUT2D eigenvalue weighted by Crippen LogP contribution is 2.17. The molecule has 0 aromatic heterocycles. The molecule has 1 aromatic rings. The van der Waals surface area contributed by atoms with Crippen molar-refractivity contribution in [2.24, 2.45) is 4.99 Å². The van der Waals surface area contributed by atoms with Crippen LogP contribution in [-0.2, 0) is 22.3 Å². The van der Waals surface area contributed by atoms with Crippen LogP contribution in [0.15, 0.2) is 29.3 Å². The monoisotopic (exact) mass is 522 g/mol. The Kier molecular flexibility index (Phi) is 11.4. The molecule has 1 fully saturated rings. The molecule has 0 bridgehead atoms. The molecule has 0 heterocycles. The van der Waals surface area contributed by atoms with Gasteiger partial charge >= 0.3 is 0 Å². The van der Waals surface area contributed by atoms with Gasteiger partial charge in [0.25, 0.3) is 0 Å². The summed E-state index contributed by atoms with van der Waals surface area (Å²) in [5.41, 5.74) is 1.73. The van der Waals surface area contributed by atoms with Crippen molar-refractivity contribution in [1.82, 2.24) is 15.4 Å². The smallest absolute Gasteiger partial charge is 0.216 e. The van der Waals surface area contributed by atoms with E-state index in [1.807, 2.05) is 38.1 Å². The number of nitrogens with zero attached hydrogens (tertiary/aromatic N) is 1. The molecular weight excluding hydrogens is 487 g/mol. The molecule has 0 saturated heterocycles. The quantitative estimate of drug-likeness (QED) is 0.277. The number of hydrogen-bond acceptors (Lipinski definition) is 3. The number of aliphatic imine (C=N–C) groups is 1. The van der Waals surface area contributed by atoms with E-state index >= 15 is 0 Å². The summed E-state index contributed by atoms with van der Waals surface area (Å²) in [6.07, 6.45) is 6.21. The van der Waals surface area contributed by atoms with Crippen LogP contribution in [0.1, 0.15) is 64.0 Å². The predicted molar refractivity (Wildman–Crippen MR) is 128 cm³/mol. The van der Waals surface area contributed by atoms with Crippen LogP contribution in [0.2, 0.25) is 0 Å². The topological polar surface area (TPSA) is 82.6 Å². The van der Waals surface area contributed by atoms with Gasteiger partial charge in [0.2, 0.25) is 10.0 Å². The highest BCUT2D eigenvalue weighted by atomic mass is 127. The summed E-state index contributed by atoms with van der Waals surface area (Å²) in [5.74, 6) is 0.783. The molecule has 6 nitrogen and oxygen atoms in total. The van der Waals surface area contributed by atoms with E-state index in [2.05, 4.69) is 22.3 Å². The van der Waals surface area contributed by atoms with Gasteiger partial charge < -0.3 is 10.6 Å². The van der Waals surface area contributed by atoms with E-state index in [4.69, 9.17) is 4.99 Å². The van der Waals surface area contributed by atoms with Gasteiger partial charge in [-0.3, -0.25) is 0 Å². The molecule has 1 aliphatic rings. The van der Waals surface area contributed by atoms with Gasteiger partial charge in [-0.25, -0.2) is 18.1 Å². The summed E-state index contributed by atoms with van der Waals surface area (Å²) in [6.45, 7) is 6.96. The number of guanidine groups is 1. The zero-order valence-corrected chi connectivity index (χ0v) is 20.3. The maximum absolute atomic E-state index is 12.3. The van der Waals surface area contributed by atoms with Crippen molar-refractivity contribution >= 4 is 40.0 Å². The lowest BCUT2D eigenvalue weighted by Crippen LogP contribution is -2.44. The van der Waals surface area contributed by atoms with E-state index in [0.29, 0.717) is 12.6 Å². The lowest BCUT2D eigenvalue weighted by atomic mass is 9.96. The zero-order valence-electron chi connectivity index (χ0n) is 17.2. The molecular formula is C20H35IN4O2S. The van der Waals surface area contributed by atoms with Crippen molar-refractivity contribution in [2.75, 3.05) is 6.54 Å². The fraction of sp³-hybridized carbons (Fsp3) is 0.650. The Morgan fingerprint density at radius 1 is 1.14 bits per heavy atom. The maximum atomic E-state index is 12.3. The highest BCUT2D eigenvalue weighted by Gasteiger charge is 2.16. The molecule has 1 saturated carbocycles. The van der Waals surface area contributed by atoms with Crippen molar-refractivity contribution < 1.29 is 8.42 Å². The third-order valence-electron chi connectivity index (χ3n) is 4.58. The van der Waals surface area contributed by atoms with E-state index in [9.17, 15) is 8.42 Å². The molecule has 1 aliphatic carbocycles. The average Bonchev–Trinajstić information content (AvgIpc) is 2.60. The van der Waals surface area contributed by atoms with Crippen LogP contribution in [-0.4, -0.2) is 33.0 Å². The van der Waals surface area contributed by atoms with Crippen molar-refractivity contribution in [3.63, 3.8) is 0 Å². The molecule has 1 aromatic carbocycles. The first-order valence-corrected chi connectivity index (χ1v) is 11.7. The van der Waals surface area contributed by atoms with Crippen molar-refractivity contribution in [2.45, 2.75) is 77.3 Å². The van der Waals surface area contributed by atoms with Gasteiger partial charge in [-0.1, -0.05) is 43.5 Å². The van der Waals surface area contributed by atoms with E-state index in [1.54, 1.807) is 0 Å². The Balaban J connectivity index is 0.00000392. The standard InChI is InChI=1S/C20H34N4O2S.HI/c1-4-21-20(23-19-12-6-5-7-13-19)22-14-17-10-8-9-11-18(17)15-27(25,26)24-16(2)3;/h8-11,16,19,24H,4-7,12-15H2,1-3H3,(H2,21,22,23);1H. The van der Waals surface area contributed by atoms with E-state index in [1.165, 1.54) is 32.1 Å². The Bertz CT molecular complexity index is 717. The van der Waals surface area contributed by atoms with Crippen LogP contribution in [0.4, 0.5) is 0 Å². The van der Waals surface area contributed by atoms with Gasteiger partial charge in [0.15, 0.2) is 5.96 Å². The van der Waals surface area contributed by atoms with Crippen LogP contribution in [0, 0.1) is 0 Å². The highest BCUT2D eigenvalue weighted by molar-refractivity contribution is 14.0. The molecule has 0 atom stereocenters. The lowest BCUT2D eigenvalue weighted by molar-refractivity contribution is 0.410. The summed E-state index contributed by atoms with van der Waals surface area (Å²) < 4.78 is 27.2. The van der Waals surface area contributed by atoms with Gasteiger partial charge in [-0.2, -0.15) is 0 Å². The SMILES string of the molecule is CCNC(=NCc1ccccc1CS(=O)(=O)NC(C)C)NC1CCCCC1.I. The Hall–Kier alpha value is -0.870. The second kappa shape index (κ2) is 12.6. The summed E-state index contributed by atoms with van der Waals surface area (Å²) in [7, 11) is -3.36. The summed E-state index contributed by atoms with van der Waals surface area (Å²) in [5, 5.41) is 6.83. The van der Waals surface area contributed by atoms with Crippen molar-refractivity contribution in [3.05, 3.63) is 35.4 Å². The van der Waals surface area contributed by atoms with E-state index in [0.717, 1.165) is 23.6 Å². The van der Waals surface area contributed by atoms with Crippen LogP contribution < -0.4 is 15.4 Å². The zero-order chi connectivity index (χ0) is 19.7. The second-order valence-electron chi connectivity index (χ2n) is 7.47. The Morgan fingerprint density at radius 2 is 1.79 bits per heavy atom. The predicted octanol–water partition coefficient (Wildman–Crippen LogP) is 3.52. The normalized spacial score (nSPS) is 15.9. The number of benzene rings is 1. The molecule has 2 rings (SSSR count). The van der Waals surface area contributed by atoms with Crippen LogP contribution in [0.5, 0.6) is 0 Å². The number of rotatable bonds is 8. The van der Waals surface area contributed by atoms with Gasteiger partial charge in [0.1, 0.15) is 0 Å². The summed E-state index contributed by atoms with van der Waals surface area (Å²) in [6, 6.07) is 7.99. The third-order valence-corrected chi connectivity index (χ3v) is 6.10. The van der Waals surface area contributed by atoms with Gasteiger partial charge in [0, 0.05) is 18.6 Å². The fourth-order valence-electron chi connectivity index (χ4n) is 3.38. The maximum Gasteiger partial charge on any atom is 0.216 e. The lowest BCUT2D eigenvalue weighted by Gasteiger charge is -2.25. The summed E-state index contributed by atoms with van der Waals surface area (Å²) in [4.78, 5) is 4.71. The first-order valence-electron chi connectivity index (χ1n) is 10.0. The summed E-state index contributed by atoms with van der Waals surface area (Å²) >= 11 is 0. The fourth-order valence-corrected chi connectivity index (χ4v) is 4.88. The first kappa shape index (κ1) is 25.2. The number of hydrogen-bond donors (Lipinski definition) is 3. The largest absolute Gasteiger partial charge is 0.357 e. The third kappa shape index (κ3) is 9.09. The van der Waals surface area contributed by atoms with Crippen LogP contribution in [0.25, 0.3) is 0 Å². The minimum atomic E-state index is -3.36. The minimum absolute atomic E-state index is 0. The first-order chi connectivity index (χ1) is 12.9. The molecule has 3 N–H and O–H groups in total. The molecule has 0 aliphatic heterocycles. The van der Waals surface area contributed by atoms with E-state index < -0.39 is 10.0 Å². The molecule has 0 amide bonds. The number of halogens is 1. The van der Waals surface area contributed by atoms with Gasteiger partial charge in [-0.15, -0.1) is 24.0 Å². The molecule has 0 unspecified atom stereocenters. The molecule has 160 valence electrons. The van der Waals surface area contributed by atoms with Crippen LogP contribution in [0.3, 0.4) is 0 Å². The number of nitrogens with one attached hydrogen (secondary N) is 3. The molecule has 28 heavy (non-hydrogen) atoms. The van der Waals surface area contributed by atoms with Crippen molar-refractivity contribution in [3.8, 4) is 0 Å². The van der Waals surface area contributed by atoms with Gasteiger partial charge in [-0.05, 0) is 44.7 Å². The number of sulfonamides is 1. The van der Waals surface area contributed by atoms with Gasteiger partial charge in [0.05, 0.1) is 12.3 Å². The molecule has 0 radical (unpaired) electrons. The average molecular weight is 522 g/mol. The second-order valence-corrected chi connectivity index (χ2v) is 9.23. The Labute approximate surface area is 187 Å². The minimum Gasteiger partial charge on any atom is -0.357 e. The molecule has 8 heteroatoms. The van der Waals surface area contributed by atoms with E-state index in [-0.39, 0.29) is 35.8 Å². The molecule has 0 spiro atoms. The Morgan fingerprint density at radius 3 is 2.39 bits per heavy atom. The van der Waals surface area contributed by atoms with Crippen molar-refractivity contribution in [1.29, 1.82) is 0 Å².